The van der Waals surface area contributed by atoms with Crippen LogP contribution in [0.25, 0.3) is 0 Å². The predicted octanol–water partition coefficient (Wildman–Crippen LogP) is 0.965. The number of carbonyl (C=O) groups excluding carboxylic acids is 1. The molecule has 18 heavy (non-hydrogen) atoms. The van der Waals surface area contributed by atoms with Crippen molar-refractivity contribution in [2.75, 3.05) is 20.3 Å². The molecule has 1 unspecified atom stereocenters. The third kappa shape index (κ3) is 3.87. The fraction of sp³-hybridized carbons (Fsp3) is 0.833. The Bertz CT molecular complexity index is 300. The van der Waals surface area contributed by atoms with Gasteiger partial charge in [0.15, 0.2) is 0 Å². The highest BCUT2D eigenvalue weighted by atomic mass is 16.5. The summed E-state index contributed by atoms with van der Waals surface area (Å²) in [4.78, 5) is 22.9. The number of urea groups is 1. The van der Waals surface area contributed by atoms with E-state index in [4.69, 9.17) is 4.74 Å². The molecule has 0 saturated heterocycles. The van der Waals surface area contributed by atoms with Gasteiger partial charge in [-0.1, -0.05) is 19.8 Å². The van der Waals surface area contributed by atoms with Gasteiger partial charge in [-0.3, -0.25) is 0 Å². The molecule has 0 aromatic rings. The lowest BCUT2D eigenvalue weighted by Crippen LogP contribution is -2.55. The summed E-state index contributed by atoms with van der Waals surface area (Å²) in [5, 5.41) is 14.5. The number of methoxy groups -OCH3 is 1. The first-order valence-corrected chi connectivity index (χ1v) is 6.28. The van der Waals surface area contributed by atoms with Gasteiger partial charge in [0.1, 0.15) is 5.54 Å². The number of rotatable bonds is 6. The summed E-state index contributed by atoms with van der Waals surface area (Å²) in [6.07, 6.45) is 2.69. The third-order valence-electron chi connectivity index (χ3n) is 3.28. The van der Waals surface area contributed by atoms with Crippen molar-refractivity contribution in [1.82, 2.24) is 10.6 Å². The molecule has 2 amide bonds. The smallest absolute Gasteiger partial charge is 0.329 e. The molecule has 6 nitrogen and oxygen atoms in total. The number of carboxylic acids is 1. The molecular weight excluding hydrogens is 236 g/mol. The highest BCUT2D eigenvalue weighted by molar-refractivity contribution is 5.86. The summed E-state index contributed by atoms with van der Waals surface area (Å²) in [5.74, 6) is -0.745. The second kappa shape index (κ2) is 6.58. The maximum atomic E-state index is 11.7. The lowest BCUT2D eigenvalue weighted by Gasteiger charge is -2.25. The second-order valence-corrected chi connectivity index (χ2v) is 4.99. The SMILES string of the molecule is COCC(C)CNC(=O)NC1(C(=O)O)CCCC1. The molecule has 3 N–H and O–H groups in total. The Hall–Kier alpha value is -1.30. The molecule has 104 valence electrons. The molecule has 0 radical (unpaired) electrons. The average molecular weight is 258 g/mol. The molecule has 0 aromatic carbocycles. The fourth-order valence-corrected chi connectivity index (χ4v) is 2.24. The maximum Gasteiger partial charge on any atom is 0.329 e. The first kappa shape index (κ1) is 14.8. The van der Waals surface area contributed by atoms with E-state index < -0.39 is 17.5 Å². The van der Waals surface area contributed by atoms with E-state index >= 15 is 0 Å². The van der Waals surface area contributed by atoms with Crippen molar-refractivity contribution >= 4 is 12.0 Å². The molecular formula is C12H22N2O4. The molecule has 0 spiro atoms. The number of hydrogen-bond donors (Lipinski definition) is 3. The van der Waals surface area contributed by atoms with Crippen LogP contribution in [0.4, 0.5) is 4.79 Å². The van der Waals surface area contributed by atoms with Crippen LogP contribution in [0, 0.1) is 5.92 Å². The van der Waals surface area contributed by atoms with E-state index in [0.717, 1.165) is 12.8 Å². The Morgan fingerprint density at radius 2 is 2.00 bits per heavy atom. The predicted molar refractivity (Wildman–Crippen MR) is 66.4 cm³/mol. The van der Waals surface area contributed by atoms with Crippen molar-refractivity contribution in [2.45, 2.75) is 38.1 Å². The lowest BCUT2D eigenvalue weighted by molar-refractivity contribution is -0.144. The monoisotopic (exact) mass is 258 g/mol. The van der Waals surface area contributed by atoms with Gasteiger partial charge in [0, 0.05) is 13.7 Å². The van der Waals surface area contributed by atoms with Gasteiger partial charge in [-0.05, 0) is 18.8 Å². The highest BCUT2D eigenvalue weighted by Crippen LogP contribution is 2.29. The van der Waals surface area contributed by atoms with E-state index in [9.17, 15) is 14.7 Å². The number of hydrogen-bond acceptors (Lipinski definition) is 3. The number of carbonyl (C=O) groups is 2. The number of nitrogens with one attached hydrogen (secondary N) is 2. The van der Waals surface area contributed by atoms with Crippen molar-refractivity contribution in [2.24, 2.45) is 5.92 Å². The van der Waals surface area contributed by atoms with E-state index in [1.54, 1.807) is 7.11 Å². The minimum atomic E-state index is -1.07. The number of aliphatic carboxylic acids is 1. The van der Waals surface area contributed by atoms with Crippen LogP contribution in [0.2, 0.25) is 0 Å². The van der Waals surface area contributed by atoms with Gasteiger partial charge < -0.3 is 20.5 Å². The molecule has 1 fully saturated rings. The van der Waals surface area contributed by atoms with Gasteiger partial charge in [-0.15, -0.1) is 0 Å². The van der Waals surface area contributed by atoms with Crippen molar-refractivity contribution in [3.8, 4) is 0 Å². The van der Waals surface area contributed by atoms with Crippen LogP contribution in [0.1, 0.15) is 32.6 Å². The van der Waals surface area contributed by atoms with Crippen LogP contribution in [-0.2, 0) is 9.53 Å². The van der Waals surface area contributed by atoms with Gasteiger partial charge in [0.05, 0.1) is 6.61 Å². The molecule has 0 aliphatic heterocycles. The van der Waals surface area contributed by atoms with Crippen molar-refractivity contribution < 1.29 is 19.4 Å². The Morgan fingerprint density at radius 3 is 2.50 bits per heavy atom. The third-order valence-corrected chi connectivity index (χ3v) is 3.28. The summed E-state index contributed by atoms with van der Waals surface area (Å²) < 4.78 is 4.96. The van der Waals surface area contributed by atoms with E-state index in [1.165, 1.54) is 0 Å². The van der Waals surface area contributed by atoms with Crippen LogP contribution in [0.3, 0.4) is 0 Å². The Morgan fingerprint density at radius 1 is 1.39 bits per heavy atom. The largest absolute Gasteiger partial charge is 0.480 e. The maximum absolute atomic E-state index is 11.7. The molecule has 0 bridgehead atoms. The fourth-order valence-electron chi connectivity index (χ4n) is 2.24. The van der Waals surface area contributed by atoms with Gasteiger partial charge in [0.2, 0.25) is 0 Å². The number of carboxylic acid groups (broad SMARTS) is 1. The molecule has 1 saturated carbocycles. The molecule has 1 aliphatic carbocycles. The molecule has 1 rings (SSSR count). The average Bonchev–Trinajstić information content (AvgIpc) is 2.77. The van der Waals surface area contributed by atoms with Crippen molar-refractivity contribution in [3.05, 3.63) is 0 Å². The van der Waals surface area contributed by atoms with Gasteiger partial charge in [-0.25, -0.2) is 9.59 Å². The van der Waals surface area contributed by atoms with Crippen LogP contribution >= 0.6 is 0 Å². The first-order valence-electron chi connectivity index (χ1n) is 6.28. The summed E-state index contributed by atoms with van der Waals surface area (Å²) >= 11 is 0. The van der Waals surface area contributed by atoms with Crippen molar-refractivity contribution in [1.29, 1.82) is 0 Å². The Labute approximate surface area is 107 Å². The molecule has 6 heteroatoms. The summed E-state index contributed by atoms with van der Waals surface area (Å²) in [6, 6.07) is -0.415. The lowest BCUT2D eigenvalue weighted by atomic mass is 9.98. The van der Waals surface area contributed by atoms with E-state index in [1.807, 2.05) is 6.92 Å². The molecule has 0 aromatic heterocycles. The molecule has 0 heterocycles. The zero-order valence-corrected chi connectivity index (χ0v) is 11.0. The summed E-state index contributed by atoms with van der Waals surface area (Å²) in [6.45, 7) is 2.98. The quantitative estimate of drug-likeness (QED) is 0.662. The van der Waals surface area contributed by atoms with Crippen LogP contribution in [-0.4, -0.2) is 42.9 Å². The normalized spacial score (nSPS) is 19.2. The zero-order valence-electron chi connectivity index (χ0n) is 11.0. The van der Waals surface area contributed by atoms with Crippen LogP contribution < -0.4 is 10.6 Å². The van der Waals surface area contributed by atoms with E-state index in [2.05, 4.69) is 10.6 Å². The van der Waals surface area contributed by atoms with Gasteiger partial charge in [0.25, 0.3) is 0 Å². The number of amides is 2. The van der Waals surface area contributed by atoms with Crippen LogP contribution in [0.5, 0.6) is 0 Å². The molecule has 1 atom stereocenters. The number of ether oxygens (including phenoxy) is 1. The Balaban J connectivity index is 2.41. The topological polar surface area (TPSA) is 87.7 Å². The van der Waals surface area contributed by atoms with Crippen LogP contribution in [0.15, 0.2) is 0 Å². The highest BCUT2D eigenvalue weighted by Gasteiger charge is 2.42. The van der Waals surface area contributed by atoms with Gasteiger partial charge in [-0.2, -0.15) is 0 Å². The first-order chi connectivity index (χ1) is 8.50. The zero-order chi connectivity index (χ0) is 13.6. The van der Waals surface area contributed by atoms with E-state index in [0.29, 0.717) is 26.0 Å². The minimum Gasteiger partial charge on any atom is -0.480 e. The molecule has 1 aliphatic rings. The second-order valence-electron chi connectivity index (χ2n) is 4.99. The Kier molecular flexibility index (Phi) is 5.40. The van der Waals surface area contributed by atoms with Crippen molar-refractivity contribution in [3.63, 3.8) is 0 Å². The van der Waals surface area contributed by atoms with Gasteiger partial charge >= 0.3 is 12.0 Å². The minimum absolute atomic E-state index is 0.199. The summed E-state index contributed by atoms with van der Waals surface area (Å²) in [5.41, 5.74) is -1.07. The standard InChI is InChI=1S/C12H22N2O4/c1-9(8-18-2)7-13-11(17)14-12(10(15)16)5-3-4-6-12/h9H,3-8H2,1-2H3,(H,15,16)(H2,13,14,17). The van der Waals surface area contributed by atoms with E-state index in [-0.39, 0.29) is 5.92 Å². The summed E-state index contributed by atoms with van der Waals surface area (Å²) in [7, 11) is 1.61.